The third-order valence-corrected chi connectivity index (χ3v) is 3.43. The molecule has 5 heteroatoms. The highest BCUT2D eigenvalue weighted by molar-refractivity contribution is 9.10. The van der Waals surface area contributed by atoms with Crippen molar-refractivity contribution in [1.82, 2.24) is 4.98 Å². The van der Waals surface area contributed by atoms with E-state index >= 15 is 0 Å². The first kappa shape index (κ1) is 14.1. The Balaban J connectivity index is 2.30. The molecule has 0 saturated heterocycles. The number of rotatable bonds is 5. The zero-order chi connectivity index (χ0) is 13.8. The number of nitrogens with one attached hydrogen (secondary N) is 1. The van der Waals surface area contributed by atoms with Gasteiger partial charge in [0.1, 0.15) is 0 Å². The Morgan fingerprint density at radius 2 is 2.26 bits per heavy atom. The number of methoxy groups -OCH3 is 1. The molecule has 1 atom stereocenters. The molecule has 2 rings (SSSR count). The van der Waals surface area contributed by atoms with Crippen LogP contribution < -0.4 is 11.1 Å². The quantitative estimate of drug-likeness (QED) is 0.886. The van der Waals surface area contributed by atoms with Crippen LogP contribution in [0, 0.1) is 5.92 Å². The van der Waals surface area contributed by atoms with Gasteiger partial charge in [-0.1, -0.05) is 22.9 Å². The minimum absolute atomic E-state index is 0.416. The van der Waals surface area contributed by atoms with Crippen LogP contribution in [0.2, 0.25) is 0 Å². The highest BCUT2D eigenvalue weighted by Crippen LogP contribution is 2.30. The van der Waals surface area contributed by atoms with Gasteiger partial charge in [-0.15, -0.1) is 0 Å². The van der Waals surface area contributed by atoms with Crippen molar-refractivity contribution < 1.29 is 4.74 Å². The first-order chi connectivity index (χ1) is 9.11. The van der Waals surface area contributed by atoms with E-state index in [2.05, 4.69) is 33.2 Å². The molecule has 0 aliphatic rings. The Hall–Kier alpha value is -1.33. The number of nitrogens with zero attached hydrogens (tertiary/aromatic N) is 1. The Morgan fingerprint density at radius 1 is 1.47 bits per heavy atom. The average molecular weight is 324 g/mol. The second kappa shape index (κ2) is 6.21. The van der Waals surface area contributed by atoms with Gasteiger partial charge in [-0.2, -0.15) is 0 Å². The standard InChI is InChI=1S/C14H18BrN3O/c1-9(8-19-2)6-18-14-11-5-10(15)3-4-13(11)17-7-12(14)16/h3-5,7,9H,6,8,16H2,1-2H3,(H,17,18). The number of nitrogen functional groups attached to an aromatic ring is 1. The van der Waals surface area contributed by atoms with Crippen molar-refractivity contribution in [2.24, 2.45) is 5.92 Å². The molecule has 0 aliphatic carbocycles. The normalized spacial score (nSPS) is 12.6. The lowest BCUT2D eigenvalue weighted by Crippen LogP contribution is -2.16. The summed E-state index contributed by atoms with van der Waals surface area (Å²) in [5.74, 6) is 0.416. The van der Waals surface area contributed by atoms with Crippen molar-refractivity contribution in [2.45, 2.75) is 6.92 Å². The summed E-state index contributed by atoms with van der Waals surface area (Å²) in [6, 6.07) is 5.98. The molecule has 1 unspecified atom stereocenters. The largest absolute Gasteiger partial charge is 0.396 e. The molecule has 1 heterocycles. The first-order valence-corrected chi connectivity index (χ1v) is 6.97. The van der Waals surface area contributed by atoms with Crippen LogP contribution in [0.4, 0.5) is 11.4 Å². The maximum atomic E-state index is 6.03. The van der Waals surface area contributed by atoms with Crippen LogP contribution in [0.5, 0.6) is 0 Å². The molecule has 0 aliphatic heterocycles. The van der Waals surface area contributed by atoms with E-state index in [4.69, 9.17) is 10.5 Å². The number of benzene rings is 1. The molecule has 0 radical (unpaired) electrons. The molecule has 0 bridgehead atoms. The van der Waals surface area contributed by atoms with Crippen molar-refractivity contribution in [3.63, 3.8) is 0 Å². The Labute approximate surface area is 121 Å². The number of aromatic nitrogens is 1. The lowest BCUT2D eigenvalue weighted by Gasteiger charge is -2.16. The van der Waals surface area contributed by atoms with Gasteiger partial charge in [0.2, 0.25) is 0 Å². The van der Waals surface area contributed by atoms with Gasteiger partial charge in [0, 0.05) is 23.5 Å². The number of anilines is 2. The Morgan fingerprint density at radius 3 is 3.00 bits per heavy atom. The summed E-state index contributed by atoms with van der Waals surface area (Å²) in [6.45, 7) is 3.66. The van der Waals surface area contributed by atoms with Crippen molar-refractivity contribution >= 4 is 38.2 Å². The molecular weight excluding hydrogens is 306 g/mol. The monoisotopic (exact) mass is 323 g/mol. The van der Waals surface area contributed by atoms with E-state index in [0.29, 0.717) is 11.6 Å². The summed E-state index contributed by atoms with van der Waals surface area (Å²) in [4.78, 5) is 4.34. The second-order valence-corrected chi connectivity index (χ2v) is 5.61. The fourth-order valence-corrected chi connectivity index (χ4v) is 2.36. The number of hydrogen-bond donors (Lipinski definition) is 2. The van der Waals surface area contributed by atoms with Crippen LogP contribution in [0.25, 0.3) is 10.9 Å². The zero-order valence-electron chi connectivity index (χ0n) is 11.1. The highest BCUT2D eigenvalue weighted by Gasteiger charge is 2.09. The molecule has 1 aromatic heterocycles. The summed E-state index contributed by atoms with van der Waals surface area (Å²) in [7, 11) is 1.71. The fraction of sp³-hybridized carbons (Fsp3) is 0.357. The second-order valence-electron chi connectivity index (χ2n) is 4.69. The summed E-state index contributed by atoms with van der Waals surface area (Å²) >= 11 is 3.48. The minimum atomic E-state index is 0.416. The van der Waals surface area contributed by atoms with E-state index < -0.39 is 0 Å². The smallest absolute Gasteiger partial charge is 0.0743 e. The summed E-state index contributed by atoms with van der Waals surface area (Å²) in [5, 5.41) is 4.43. The summed E-state index contributed by atoms with van der Waals surface area (Å²) in [5.41, 5.74) is 8.56. The Kier molecular flexibility index (Phi) is 4.61. The van der Waals surface area contributed by atoms with Crippen molar-refractivity contribution in [3.8, 4) is 0 Å². The lowest BCUT2D eigenvalue weighted by atomic mass is 10.1. The van der Waals surface area contributed by atoms with Gasteiger partial charge >= 0.3 is 0 Å². The van der Waals surface area contributed by atoms with E-state index in [1.165, 1.54) is 0 Å². The number of pyridine rings is 1. The van der Waals surface area contributed by atoms with Gasteiger partial charge in [-0.25, -0.2) is 0 Å². The molecule has 102 valence electrons. The third-order valence-electron chi connectivity index (χ3n) is 2.94. The van der Waals surface area contributed by atoms with E-state index in [1.807, 2.05) is 18.2 Å². The molecule has 1 aromatic carbocycles. The molecule has 0 amide bonds. The molecule has 0 fully saturated rings. The maximum Gasteiger partial charge on any atom is 0.0743 e. The number of nitrogens with two attached hydrogens (primary N) is 1. The molecule has 2 aromatic rings. The van der Waals surface area contributed by atoms with Crippen LogP contribution >= 0.6 is 15.9 Å². The van der Waals surface area contributed by atoms with Gasteiger partial charge in [-0.05, 0) is 24.1 Å². The van der Waals surface area contributed by atoms with Gasteiger partial charge < -0.3 is 15.8 Å². The number of ether oxygens (including phenoxy) is 1. The van der Waals surface area contributed by atoms with E-state index in [-0.39, 0.29) is 0 Å². The summed E-state index contributed by atoms with van der Waals surface area (Å²) < 4.78 is 6.15. The van der Waals surface area contributed by atoms with E-state index in [1.54, 1.807) is 13.3 Å². The topological polar surface area (TPSA) is 60.2 Å². The van der Waals surface area contributed by atoms with Crippen molar-refractivity contribution in [2.75, 3.05) is 31.3 Å². The van der Waals surface area contributed by atoms with E-state index in [9.17, 15) is 0 Å². The van der Waals surface area contributed by atoms with Crippen LogP contribution in [-0.2, 0) is 4.74 Å². The number of fused-ring (bicyclic) bond motifs is 1. The van der Waals surface area contributed by atoms with Gasteiger partial charge in [0.15, 0.2) is 0 Å². The molecule has 4 nitrogen and oxygen atoms in total. The van der Waals surface area contributed by atoms with Crippen molar-refractivity contribution in [3.05, 3.63) is 28.9 Å². The van der Waals surface area contributed by atoms with Crippen LogP contribution in [-0.4, -0.2) is 25.2 Å². The molecular formula is C14H18BrN3O. The first-order valence-electron chi connectivity index (χ1n) is 6.18. The predicted octanol–water partition coefficient (Wildman–Crippen LogP) is 3.27. The van der Waals surface area contributed by atoms with Gasteiger partial charge in [0.05, 0.1) is 29.7 Å². The van der Waals surface area contributed by atoms with E-state index in [0.717, 1.165) is 34.2 Å². The van der Waals surface area contributed by atoms with Crippen LogP contribution in [0.3, 0.4) is 0 Å². The third kappa shape index (κ3) is 3.36. The molecule has 19 heavy (non-hydrogen) atoms. The van der Waals surface area contributed by atoms with Gasteiger partial charge in [0.25, 0.3) is 0 Å². The lowest BCUT2D eigenvalue weighted by molar-refractivity contribution is 0.164. The predicted molar refractivity (Wildman–Crippen MR) is 83.4 cm³/mol. The minimum Gasteiger partial charge on any atom is -0.396 e. The number of halogens is 1. The summed E-state index contributed by atoms with van der Waals surface area (Å²) in [6.07, 6.45) is 1.69. The molecule has 0 saturated carbocycles. The maximum absolute atomic E-state index is 6.03. The fourth-order valence-electron chi connectivity index (χ4n) is 2.00. The highest BCUT2D eigenvalue weighted by atomic mass is 79.9. The average Bonchev–Trinajstić information content (AvgIpc) is 2.38. The van der Waals surface area contributed by atoms with Crippen LogP contribution in [0.15, 0.2) is 28.9 Å². The molecule has 0 spiro atoms. The van der Waals surface area contributed by atoms with Crippen molar-refractivity contribution in [1.29, 1.82) is 0 Å². The molecule has 3 N–H and O–H groups in total. The zero-order valence-corrected chi connectivity index (χ0v) is 12.7. The Bertz CT molecular complexity index is 569. The van der Waals surface area contributed by atoms with Crippen LogP contribution in [0.1, 0.15) is 6.92 Å². The number of hydrogen-bond acceptors (Lipinski definition) is 4. The van der Waals surface area contributed by atoms with Gasteiger partial charge in [-0.3, -0.25) is 4.98 Å². The SMILES string of the molecule is COCC(C)CNc1c(N)cnc2ccc(Br)cc12.